The minimum atomic E-state index is -2.61. The van der Waals surface area contributed by atoms with E-state index >= 15 is 0 Å². The van der Waals surface area contributed by atoms with Crippen LogP contribution in [0.5, 0.6) is 5.75 Å². The molecule has 0 radical (unpaired) electrons. The Bertz CT molecular complexity index is 1270. The largest absolute Gasteiger partial charge is 0.510 e. The molecule has 0 spiro atoms. The fourth-order valence-corrected chi connectivity index (χ4v) is 7.38. The summed E-state index contributed by atoms with van der Waals surface area (Å²) in [6.07, 6.45) is 8.36. The fourth-order valence-electron chi connectivity index (χ4n) is 7.38. The Kier molecular flexibility index (Phi) is 6.64. The van der Waals surface area contributed by atoms with Gasteiger partial charge in [-0.3, -0.25) is 19.3 Å². The molecule has 1 aromatic rings. The molecule has 4 aliphatic carbocycles. The predicted molar refractivity (Wildman–Crippen MR) is 139 cm³/mol. The molecule has 1 aromatic carbocycles. The highest BCUT2D eigenvalue weighted by atomic mass is 16.3. The number of phenolic OH excluding ortho intramolecular Hbond substituents is 1. The van der Waals surface area contributed by atoms with Crippen molar-refractivity contribution in [3.63, 3.8) is 0 Å². The van der Waals surface area contributed by atoms with Crippen molar-refractivity contribution in [3.8, 4) is 5.75 Å². The van der Waals surface area contributed by atoms with Crippen LogP contribution in [0.25, 0.3) is 0 Å². The van der Waals surface area contributed by atoms with Gasteiger partial charge in [-0.05, 0) is 68.8 Å². The average molecular weight is 525 g/mol. The molecule has 0 aliphatic heterocycles. The molecule has 4 aliphatic rings. The van der Waals surface area contributed by atoms with Gasteiger partial charge < -0.3 is 26.2 Å². The summed E-state index contributed by atoms with van der Waals surface area (Å²) in [6, 6.07) is 2.36. The molecule has 0 bridgehead atoms. The van der Waals surface area contributed by atoms with E-state index in [0.29, 0.717) is 12.3 Å². The van der Waals surface area contributed by atoms with Gasteiger partial charge in [-0.25, -0.2) is 0 Å². The van der Waals surface area contributed by atoms with Crippen LogP contribution in [-0.2, 0) is 22.4 Å². The lowest BCUT2D eigenvalue weighted by Crippen LogP contribution is -2.63. The Balaban J connectivity index is 1.58. The molecule has 1 saturated carbocycles. The molecule has 0 heterocycles. The van der Waals surface area contributed by atoms with Crippen molar-refractivity contribution in [2.45, 2.75) is 69.4 Å². The van der Waals surface area contributed by atoms with E-state index in [2.05, 4.69) is 0 Å². The van der Waals surface area contributed by atoms with Crippen LogP contribution in [0.2, 0.25) is 0 Å². The van der Waals surface area contributed by atoms with Gasteiger partial charge in [0.05, 0.1) is 11.6 Å². The van der Waals surface area contributed by atoms with Crippen molar-refractivity contribution < 1.29 is 34.8 Å². The molecule has 4 atom stereocenters. The monoisotopic (exact) mass is 524 g/mol. The number of phenols is 1. The molecular formula is C29H36N2O7. The van der Waals surface area contributed by atoms with Crippen LogP contribution >= 0.6 is 0 Å². The van der Waals surface area contributed by atoms with Gasteiger partial charge >= 0.3 is 0 Å². The topological polar surface area (TPSA) is 161 Å². The fraction of sp³-hybridized carbons (Fsp3) is 0.552. The molecule has 1 amide bonds. The smallest absolute Gasteiger partial charge is 0.255 e. The van der Waals surface area contributed by atoms with E-state index in [1.807, 2.05) is 6.07 Å². The quantitative estimate of drug-likeness (QED) is 0.367. The number of Topliss-reactive ketones (excluding diaryl/α,β-unsaturated/α-hetero) is 2. The van der Waals surface area contributed by atoms with Gasteiger partial charge in [-0.15, -0.1) is 0 Å². The van der Waals surface area contributed by atoms with Crippen molar-refractivity contribution in [2.24, 2.45) is 23.5 Å². The van der Waals surface area contributed by atoms with Gasteiger partial charge in [0, 0.05) is 11.5 Å². The number of aromatic hydroxyl groups is 1. The average Bonchev–Trinajstić information content (AvgIpc) is 2.86. The lowest BCUT2D eigenvalue weighted by Gasteiger charge is -2.50. The van der Waals surface area contributed by atoms with Crippen LogP contribution in [0.3, 0.4) is 0 Å². The second-order valence-corrected chi connectivity index (χ2v) is 11.6. The number of nitrogens with two attached hydrogens (primary N) is 1. The number of aliphatic hydroxyl groups excluding tert-OH is 2. The van der Waals surface area contributed by atoms with Crippen molar-refractivity contribution in [1.82, 2.24) is 4.90 Å². The first kappa shape index (κ1) is 26.4. The summed E-state index contributed by atoms with van der Waals surface area (Å²) < 4.78 is 0. The summed E-state index contributed by atoms with van der Waals surface area (Å²) in [6.45, 7) is 0. The number of benzene rings is 1. The highest BCUT2D eigenvalue weighted by Gasteiger charge is 2.63. The van der Waals surface area contributed by atoms with Gasteiger partial charge in [0.25, 0.3) is 5.91 Å². The first-order valence-electron chi connectivity index (χ1n) is 13.5. The van der Waals surface area contributed by atoms with Gasteiger partial charge in [-0.1, -0.05) is 38.2 Å². The van der Waals surface area contributed by atoms with E-state index in [4.69, 9.17) is 5.73 Å². The number of nitrogens with zero attached hydrogens (tertiary/aromatic N) is 1. The summed E-state index contributed by atoms with van der Waals surface area (Å²) >= 11 is 0. The van der Waals surface area contributed by atoms with Crippen LogP contribution in [0.1, 0.15) is 66.4 Å². The van der Waals surface area contributed by atoms with Crippen LogP contribution < -0.4 is 5.73 Å². The maximum atomic E-state index is 13.8. The summed E-state index contributed by atoms with van der Waals surface area (Å²) in [5.41, 5.74) is 3.65. The van der Waals surface area contributed by atoms with E-state index in [9.17, 15) is 34.8 Å². The number of amides is 1. The summed E-state index contributed by atoms with van der Waals surface area (Å²) in [7, 11) is 3.24. The molecule has 204 valence electrons. The first-order valence-corrected chi connectivity index (χ1v) is 13.5. The Morgan fingerprint density at radius 3 is 2.42 bits per heavy atom. The number of hydrogen-bond acceptors (Lipinski definition) is 8. The minimum Gasteiger partial charge on any atom is -0.510 e. The molecule has 6 N–H and O–H groups in total. The SMILES string of the molecule is CN(C)[C@@H]1C(O)=C(C(N)=O)C(=O)[C@]2(O)C(O)=C3C(=O)c4c(O)ccc(CCC5CCCCC5)c4C[C@@H]3C[C@H]12. The first-order chi connectivity index (χ1) is 18.0. The zero-order valence-electron chi connectivity index (χ0n) is 21.9. The van der Waals surface area contributed by atoms with Gasteiger partial charge in [-0.2, -0.15) is 0 Å². The Morgan fingerprint density at radius 1 is 1.11 bits per heavy atom. The number of carbonyl (C=O) groups is 3. The second kappa shape index (κ2) is 9.54. The third kappa shape index (κ3) is 3.86. The number of aliphatic hydroxyl groups is 3. The molecule has 0 aromatic heterocycles. The van der Waals surface area contributed by atoms with E-state index in [-0.39, 0.29) is 23.3 Å². The predicted octanol–water partition coefficient (Wildman–Crippen LogP) is 2.63. The Morgan fingerprint density at radius 2 is 1.79 bits per heavy atom. The summed E-state index contributed by atoms with van der Waals surface area (Å²) in [5, 5.41) is 44.6. The number of likely N-dealkylation sites (N-methyl/N-ethyl adjacent to an activating group) is 1. The van der Waals surface area contributed by atoms with Crippen molar-refractivity contribution in [1.29, 1.82) is 0 Å². The highest BCUT2D eigenvalue weighted by molar-refractivity contribution is 6.24. The molecule has 9 nitrogen and oxygen atoms in total. The lowest BCUT2D eigenvalue weighted by molar-refractivity contribution is -0.148. The molecule has 38 heavy (non-hydrogen) atoms. The maximum Gasteiger partial charge on any atom is 0.255 e. The van der Waals surface area contributed by atoms with Crippen LogP contribution in [0, 0.1) is 17.8 Å². The number of fused-ring (bicyclic) bond motifs is 3. The van der Waals surface area contributed by atoms with Gasteiger partial charge in [0.1, 0.15) is 22.8 Å². The van der Waals surface area contributed by atoms with Crippen LogP contribution in [0.4, 0.5) is 0 Å². The van der Waals surface area contributed by atoms with E-state index in [1.165, 1.54) is 38.2 Å². The number of rotatable bonds is 5. The summed E-state index contributed by atoms with van der Waals surface area (Å²) in [4.78, 5) is 40.8. The molecule has 5 rings (SSSR count). The molecule has 9 heteroatoms. The highest BCUT2D eigenvalue weighted by Crippen LogP contribution is 2.52. The molecule has 0 unspecified atom stereocenters. The number of primary amides is 1. The van der Waals surface area contributed by atoms with Gasteiger partial charge in [0.2, 0.25) is 5.78 Å². The van der Waals surface area contributed by atoms with Crippen molar-refractivity contribution in [2.75, 3.05) is 14.1 Å². The third-order valence-corrected chi connectivity index (χ3v) is 9.25. The molecular weight excluding hydrogens is 488 g/mol. The number of aryl methyl sites for hydroxylation is 1. The van der Waals surface area contributed by atoms with Crippen LogP contribution in [0.15, 0.2) is 34.8 Å². The van der Waals surface area contributed by atoms with E-state index in [0.717, 1.165) is 24.0 Å². The standard InChI is InChI=1S/C29H36N2O7/c1-31(2)23-18-13-16-12-17-15(9-8-14-6-4-3-5-7-14)10-11-19(32)21(17)24(33)20(16)26(35)29(18,38)27(36)22(25(23)34)28(30)37/h10-11,14,16,18,23,32,34-35,38H,3-9,12-13H2,1-2H3,(H2,30,37)/t16-,18-,23+,29-/m1/s1. The van der Waals surface area contributed by atoms with Crippen molar-refractivity contribution >= 4 is 17.5 Å². The van der Waals surface area contributed by atoms with Gasteiger partial charge in [0.15, 0.2) is 11.4 Å². The Labute approximate surface area is 221 Å². The van der Waals surface area contributed by atoms with Crippen molar-refractivity contribution in [3.05, 3.63) is 51.5 Å². The number of ketones is 2. The zero-order chi connectivity index (χ0) is 27.5. The number of carbonyl (C=O) groups excluding carboxylic acids is 3. The minimum absolute atomic E-state index is 0.0897. The normalized spacial score (nSPS) is 29.8. The zero-order valence-corrected chi connectivity index (χ0v) is 21.9. The number of allylic oxidation sites excluding steroid dienone is 1. The van der Waals surface area contributed by atoms with E-state index in [1.54, 1.807) is 19.0 Å². The van der Waals surface area contributed by atoms with Crippen LogP contribution in [-0.4, -0.2) is 68.5 Å². The lowest BCUT2D eigenvalue weighted by atomic mass is 9.58. The summed E-state index contributed by atoms with van der Waals surface area (Å²) in [5.74, 6) is -5.61. The molecule has 0 saturated heterocycles. The molecule has 1 fully saturated rings. The number of hydrogen-bond donors (Lipinski definition) is 5. The third-order valence-electron chi connectivity index (χ3n) is 9.25. The Hall–Kier alpha value is -3.17. The second-order valence-electron chi connectivity index (χ2n) is 11.6. The van der Waals surface area contributed by atoms with E-state index < -0.39 is 58.0 Å². The maximum absolute atomic E-state index is 13.8.